The van der Waals surface area contributed by atoms with E-state index in [0.717, 1.165) is 17.2 Å². The molecule has 0 saturated carbocycles. The first-order valence-corrected chi connectivity index (χ1v) is 5.60. The second-order valence-corrected chi connectivity index (χ2v) is 4.15. The predicted molar refractivity (Wildman–Crippen MR) is 57.6 cm³/mol. The van der Waals surface area contributed by atoms with Crippen molar-refractivity contribution in [3.8, 4) is 0 Å². The van der Waals surface area contributed by atoms with Crippen molar-refractivity contribution >= 4 is 17.4 Å². The van der Waals surface area contributed by atoms with Crippen molar-refractivity contribution in [3.05, 3.63) is 34.4 Å². The van der Waals surface area contributed by atoms with Crippen LogP contribution in [-0.2, 0) is 5.75 Å². The molecule has 2 heterocycles. The Morgan fingerprint density at radius 2 is 2.50 bits per heavy atom. The fourth-order valence-electron chi connectivity index (χ4n) is 1.26. The SMILES string of the molecule is CCSCc1cc(=O)n2[nH]ccc2n1. The molecule has 1 N–H and O–H groups in total. The van der Waals surface area contributed by atoms with E-state index in [9.17, 15) is 4.79 Å². The minimum atomic E-state index is -0.0493. The van der Waals surface area contributed by atoms with E-state index in [1.165, 1.54) is 4.52 Å². The second-order valence-electron chi connectivity index (χ2n) is 2.88. The summed E-state index contributed by atoms with van der Waals surface area (Å²) in [5.74, 6) is 1.83. The van der Waals surface area contributed by atoms with Gasteiger partial charge >= 0.3 is 0 Å². The average molecular weight is 209 g/mol. The van der Waals surface area contributed by atoms with Crippen LogP contribution in [0.15, 0.2) is 23.1 Å². The highest BCUT2D eigenvalue weighted by atomic mass is 32.2. The van der Waals surface area contributed by atoms with Gasteiger partial charge < -0.3 is 0 Å². The fourth-order valence-corrected chi connectivity index (χ4v) is 1.82. The minimum absolute atomic E-state index is 0.0493. The van der Waals surface area contributed by atoms with Crippen molar-refractivity contribution in [1.82, 2.24) is 14.6 Å². The van der Waals surface area contributed by atoms with Crippen LogP contribution in [0.2, 0.25) is 0 Å². The third kappa shape index (κ3) is 1.68. The molecule has 0 unspecified atom stereocenters. The lowest BCUT2D eigenvalue weighted by Gasteiger charge is -1.98. The number of nitrogens with one attached hydrogen (secondary N) is 1. The first kappa shape index (κ1) is 9.33. The summed E-state index contributed by atoms with van der Waals surface area (Å²) in [7, 11) is 0. The molecule has 0 bridgehead atoms. The van der Waals surface area contributed by atoms with Gasteiger partial charge in [-0.25, -0.2) is 9.50 Å². The number of nitrogens with zero attached hydrogens (tertiary/aromatic N) is 2. The van der Waals surface area contributed by atoms with Crippen LogP contribution < -0.4 is 5.56 Å². The summed E-state index contributed by atoms with van der Waals surface area (Å²) in [6.45, 7) is 2.09. The normalized spacial score (nSPS) is 10.9. The van der Waals surface area contributed by atoms with E-state index in [2.05, 4.69) is 17.0 Å². The van der Waals surface area contributed by atoms with Crippen LogP contribution in [0.25, 0.3) is 5.65 Å². The summed E-state index contributed by atoms with van der Waals surface area (Å²) in [6, 6.07) is 3.37. The van der Waals surface area contributed by atoms with Crippen molar-refractivity contribution < 1.29 is 0 Å². The van der Waals surface area contributed by atoms with Crippen molar-refractivity contribution in [3.63, 3.8) is 0 Å². The molecular formula is C9H11N3OS. The first-order valence-electron chi connectivity index (χ1n) is 4.45. The molecule has 0 aliphatic rings. The summed E-state index contributed by atoms with van der Waals surface area (Å²) in [6.07, 6.45) is 1.71. The molecule has 0 aliphatic carbocycles. The number of H-pyrrole nitrogens is 1. The van der Waals surface area contributed by atoms with Crippen LogP contribution in [0.3, 0.4) is 0 Å². The molecule has 74 valence electrons. The third-order valence-corrected chi connectivity index (χ3v) is 2.80. The summed E-state index contributed by atoms with van der Waals surface area (Å²) in [4.78, 5) is 15.9. The number of aromatic nitrogens is 3. The van der Waals surface area contributed by atoms with Gasteiger partial charge in [-0.15, -0.1) is 0 Å². The highest BCUT2D eigenvalue weighted by Gasteiger charge is 2.01. The van der Waals surface area contributed by atoms with Crippen LogP contribution in [0, 0.1) is 0 Å². The smallest absolute Gasteiger partial charge is 0.272 e. The summed E-state index contributed by atoms with van der Waals surface area (Å²) >= 11 is 1.76. The van der Waals surface area contributed by atoms with E-state index in [0.29, 0.717) is 5.65 Å². The van der Waals surface area contributed by atoms with Crippen LogP contribution in [0.4, 0.5) is 0 Å². The molecule has 2 aromatic heterocycles. The highest BCUT2D eigenvalue weighted by molar-refractivity contribution is 7.98. The lowest BCUT2D eigenvalue weighted by atomic mass is 10.4. The maximum absolute atomic E-state index is 11.5. The Morgan fingerprint density at radius 3 is 3.29 bits per heavy atom. The molecule has 0 aromatic carbocycles. The maximum Gasteiger partial charge on any atom is 0.272 e. The van der Waals surface area contributed by atoms with Crippen molar-refractivity contribution in [1.29, 1.82) is 0 Å². The molecule has 0 atom stereocenters. The predicted octanol–water partition coefficient (Wildman–Crippen LogP) is 1.28. The van der Waals surface area contributed by atoms with Gasteiger partial charge in [0.05, 0.1) is 5.69 Å². The Kier molecular flexibility index (Phi) is 2.58. The number of hydrogen-bond donors (Lipinski definition) is 1. The largest absolute Gasteiger partial charge is 0.297 e. The average Bonchev–Trinajstić information content (AvgIpc) is 2.63. The third-order valence-electron chi connectivity index (χ3n) is 1.89. The molecule has 0 spiro atoms. The van der Waals surface area contributed by atoms with Gasteiger partial charge in [0.25, 0.3) is 5.56 Å². The molecule has 0 radical (unpaired) electrons. The molecule has 0 amide bonds. The van der Waals surface area contributed by atoms with E-state index in [1.54, 1.807) is 30.1 Å². The van der Waals surface area contributed by atoms with Crippen LogP contribution >= 0.6 is 11.8 Å². The van der Waals surface area contributed by atoms with E-state index in [1.807, 2.05) is 0 Å². The summed E-state index contributed by atoms with van der Waals surface area (Å²) in [5, 5.41) is 2.81. The molecule has 0 fully saturated rings. The monoisotopic (exact) mass is 209 g/mol. The zero-order valence-corrected chi connectivity index (χ0v) is 8.67. The van der Waals surface area contributed by atoms with Crippen LogP contribution in [0.1, 0.15) is 12.6 Å². The molecule has 2 rings (SSSR count). The number of thioether (sulfide) groups is 1. The lowest BCUT2D eigenvalue weighted by Crippen LogP contribution is -2.14. The van der Waals surface area contributed by atoms with Gasteiger partial charge in [0.1, 0.15) is 0 Å². The van der Waals surface area contributed by atoms with Gasteiger partial charge in [0.15, 0.2) is 5.65 Å². The zero-order valence-electron chi connectivity index (χ0n) is 7.86. The van der Waals surface area contributed by atoms with E-state index >= 15 is 0 Å². The molecule has 5 heteroatoms. The molecule has 2 aromatic rings. The molecule has 0 saturated heterocycles. The van der Waals surface area contributed by atoms with Crippen LogP contribution in [-0.4, -0.2) is 20.4 Å². The first-order chi connectivity index (χ1) is 6.81. The second kappa shape index (κ2) is 3.88. The number of fused-ring (bicyclic) bond motifs is 1. The number of rotatable bonds is 3. The Balaban J connectivity index is 2.43. The standard InChI is InChI=1S/C9H11N3OS/c1-2-14-6-7-5-9(13)12-8(11-7)3-4-10-12/h3-5,10H,2,6H2,1H3. The van der Waals surface area contributed by atoms with Gasteiger partial charge in [-0.3, -0.25) is 9.89 Å². The van der Waals surface area contributed by atoms with Gasteiger partial charge in [0, 0.05) is 24.1 Å². The molecule has 0 aliphatic heterocycles. The number of hydrogen-bond acceptors (Lipinski definition) is 3. The fraction of sp³-hybridized carbons (Fsp3) is 0.333. The van der Waals surface area contributed by atoms with Gasteiger partial charge in [-0.05, 0) is 5.75 Å². The Morgan fingerprint density at radius 1 is 1.64 bits per heavy atom. The maximum atomic E-state index is 11.5. The van der Waals surface area contributed by atoms with E-state index in [-0.39, 0.29) is 5.56 Å². The molecule has 14 heavy (non-hydrogen) atoms. The van der Waals surface area contributed by atoms with Crippen molar-refractivity contribution in [2.75, 3.05) is 5.75 Å². The van der Waals surface area contributed by atoms with Crippen molar-refractivity contribution in [2.45, 2.75) is 12.7 Å². The van der Waals surface area contributed by atoms with Gasteiger partial charge in [-0.2, -0.15) is 11.8 Å². The quantitative estimate of drug-likeness (QED) is 0.828. The topological polar surface area (TPSA) is 50.2 Å². The summed E-state index contributed by atoms with van der Waals surface area (Å²) in [5.41, 5.74) is 1.48. The minimum Gasteiger partial charge on any atom is -0.297 e. The molecular weight excluding hydrogens is 198 g/mol. The Hall–Kier alpha value is -1.23. The highest BCUT2D eigenvalue weighted by Crippen LogP contribution is 2.08. The Bertz CT molecular complexity index is 488. The van der Waals surface area contributed by atoms with E-state index in [4.69, 9.17) is 0 Å². The van der Waals surface area contributed by atoms with E-state index < -0.39 is 0 Å². The lowest BCUT2D eigenvalue weighted by molar-refractivity contribution is 0.888. The molecule has 4 nitrogen and oxygen atoms in total. The van der Waals surface area contributed by atoms with Crippen molar-refractivity contribution in [2.24, 2.45) is 0 Å². The Labute approximate surface area is 85.3 Å². The summed E-state index contributed by atoms with van der Waals surface area (Å²) < 4.78 is 1.43. The van der Waals surface area contributed by atoms with Crippen LogP contribution in [0.5, 0.6) is 0 Å². The number of aromatic amines is 1. The zero-order chi connectivity index (χ0) is 9.97. The van der Waals surface area contributed by atoms with Gasteiger partial charge in [0.2, 0.25) is 0 Å². The van der Waals surface area contributed by atoms with Gasteiger partial charge in [-0.1, -0.05) is 6.92 Å².